The Morgan fingerprint density at radius 2 is 2.03 bits per heavy atom. The molecule has 2 N–H and O–H groups in total. The third kappa shape index (κ3) is 6.22. The summed E-state index contributed by atoms with van der Waals surface area (Å²) in [5, 5.41) is 15.0. The number of alkyl halides is 3. The topological polar surface area (TPSA) is 88.2 Å². The van der Waals surface area contributed by atoms with E-state index in [1.165, 1.54) is 37.9 Å². The maximum atomic E-state index is 10.6. The van der Waals surface area contributed by atoms with Crippen molar-refractivity contribution < 1.29 is 23.1 Å². The monoisotopic (exact) mass is 442 g/mol. The molecule has 1 aliphatic carbocycles. The molecule has 3 heterocycles. The summed E-state index contributed by atoms with van der Waals surface area (Å²) in [7, 11) is 4.04. The molecule has 1 saturated heterocycles. The Labute approximate surface area is 179 Å². The summed E-state index contributed by atoms with van der Waals surface area (Å²) >= 11 is 0. The highest BCUT2D eigenvalue weighted by molar-refractivity contribution is 5.73. The number of rotatable bonds is 5. The SMILES string of the molecule is Cn1cc(CN2C[C@H]3CCC[C@@H](CNc4nccn4C)[C@H]3C2)cn1.O=C(O)C(F)(F)F. The Hall–Kier alpha value is -2.56. The smallest absolute Gasteiger partial charge is 0.475 e. The van der Waals surface area contributed by atoms with Crippen molar-refractivity contribution in [2.75, 3.05) is 25.0 Å². The maximum absolute atomic E-state index is 10.6. The first-order chi connectivity index (χ1) is 14.6. The number of halogens is 3. The second-order valence-electron chi connectivity index (χ2n) is 8.38. The third-order valence-corrected chi connectivity index (χ3v) is 6.07. The molecule has 0 radical (unpaired) electrons. The number of hydrogen-bond acceptors (Lipinski definition) is 5. The van der Waals surface area contributed by atoms with Crippen LogP contribution < -0.4 is 5.32 Å². The summed E-state index contributed by atoms with van der Waals surface area (Å²) in [5.74, 6) is 0.681. The van der Waals surface area contributed by atoms with E-state index in [1.54, 1.807) is 0 Å². The zero-order chi connectivity index (χ0) is 22.6. The van der Waals surface area contributed by atoms with Crippen molar-refractivity contribution in [2.24, 2.45) is 31.8 Å². The average Bonchev–Trinajstić information content (AvgIpc) is 3.40. The highest BCUT2D eigenvalue weighted by Gasteiger charge is 2.40. The summed E-state index contributed by atoms with van der Waals surface area (Å²) in [5.41, 5.74) is 1.33. The van der Waals surface area contributed by atoms with Crippen LogP contribution in [0.5, 0.6) is 0 Å². The summed E-state index contributed by atoms with van der Waals surface area (Å²) in [4.78, 5) is 15.9. The van der Waals surface area contributed by atoms with E-state index in [2.05, 4.69) is 31.1 Å². The van der Waals surface area contributed by atoms with Crippen LogP contribution in [0.25, 0.3) is 0 Å². The first-order valence-corrected chi connectivity index (χ1v) is 10.3. The molecule has 0 bridgehead atoms. The Kier molecular flexibility index (Phi) is 7.24. The molecule has 1 aliphatic heterocycles. The van der Waals surface area contributed by atoms with Gasteiger partial charge in [-0.15, -0.1) is 0 Å². The normalized spacial score (nSPS) is 23.7. The van der Waals surface area contributed by atoms with Gasteiger partial charge in [-0.05, 0) is 30.6 Å². The second-order valence-corrected chi connectivity index (χ2v) is 8.38. The number of imidazole rings is 1. The van der Waals surface area contributed by atoms with Gasteiger partial charge in [0.05, 0.1) is 6.20 Å². The van der Waals surface area contributed by atoms with Crippen LogP contribution in [0.4, 0.5) is 19.1 Å². The van der Waals surface area contributed by atoms with Crippen LogP contribution in [-0.4, -0.2) is 61.1 Å². The highest BCUT2D eigenvalue weighted by atomic mass is 19.4. The molecular formula is C20H29F3N6O2. The van der Waals surface area contributed by atoms with E-state index in [1.807, 2.05) is 37.4 Å². The minimum absolute atomic E-state index is 0.763. The number of aryl methyl sites for hydroxylation is 2. The Balaban J connectivity index is 0.000000339. The zero-order valence-electron chi connectivity index (χ0n) is 17.7. The quantitative estimate of drug-likeness (QED) is 0.741. The fraction of sp³-hybridized carbons (Fsp3) is 0.650. The molecule has 3 atom stereocenters. The second kappa shape index (κ2) is 9.71. The summed E-state index contributed by atoms with van der Waals surface area (Å²) in [6, 6.07) is 0. The van der Waals surface area contributed by atoms with Crippen molar-refractivity contribution in [3.63, 3.8) is 0 Å². The van der Waals surface area contributed by atoms with Crippen molar-refractivity contribution in [1.82, 2.24) is 24.2 Å². The lowest BCUT2D eigenvalue weighted by molar-refractivity contribution is -0.192. The van der Waals surface area contributed by atoms with Gasteiger partial charge in [0.25, 0.3) is 0 Å². The lowest BCUT2D eigenvalue weighted by Gasteiger charge is -2.33. The molecule has 1 saturated carbocycles. The van der Waals surface area contributed by atoms with Crippen molar-refractivity contribution >= 4 is 11.9 Å². The molecule has 0 unspecified atom stereocenters. The standard InChI is InChI=1S/C18H28N6.C2HF3O2/c1-22-7-6-19-18(22)20-9-15-4-3-5-16-12-24(13-17(15)16)11-14-8-21-23(2)10-14;3-2(4,5)1(6)7/h6-8,10,15-17H,3-5,9,11-13H2,1-2H3,(H,19,20);(H,6,7)/t15-,16+,17+;/m0./s1. The van der Waals surface area contributed by atoms with E-state index in [0.717, 1.165) is 36.8 Å². The molecule has 4 rings (SSSR count). The van der Waals surface area contributed by atoms with Crippen molar-refractivity contribution in [3.05, 3.63) is 30.4 Å². The fourth-order valence-electron chi connectivity index (χ4n) is 4.64. The predicted octanol–water partition coefficient (Wildman–Crippen LogP) is 2.75. The lowest BCUT2D eigenvalue weighted by Crippen LogP contribution is -2.32. The van der Waals surface area contributed by atoms with Gasteiger partial charge in [-0.25, -0.2) is 9.78 Å². The van der Waals surface area contributed by atoms with E-state index < -0.39 is 12.1 Å². The van der Waals surface area contributed by atoms with E-state index in [9.17, 15) is 13.2 Å². The van der Waals surface area contributed by atoms with Crippen molar-refractivity contribution in [2.45, 2.75) is 32.0 Å². The number of likely N-dealkylation sites (tertiary alicyclic amines) is 1. The third-order valence-electron chi connectivity index (χ3n) is 6.07. The van der Waals surface area contributed by atoms with Gasteiger partial charge in [-0.1, -0.05) is 6.42 Å². The Morgan fingerprint density at radius 1 is 1.29 bits per heavy atom. The number of carboxylic acid groups (broad SMARTS) is 1. The van der Waals surface area contributed by atoms with Crippen molar-refractivity contribution in [3.8, 4) is 0 Å². The van der Waals surface area contributed by atoms with Crippen molar-refractivity contribution in [1.29, 1.82) is 0 Å². The van der Waals surface area contributed by atoms with Gasteiger partial charge < -0.3 is 15.0 Å². The maximum Gasteiger partial charge on any atom is 0.490 e. The molecule has 31 heavy (non-hydrogen) atoms. The number of carboxylic acids is 1. The molecule has 8 nitrogen and oxygen atoms in total. The van der Waals surface area contributed by atoms with E-state index >= 15 is 0 Å². The molecule has 2 aliphatic rings. The van der Waals surface area contributed by atoms with Crippen LogP contribution in [-0.2, 0) is 25.4 Å². The number of nitrogens with zero attached hydrogens (tertiary/aromatic N) is 5. The molecule has 2 aromatic rings. The van der Waals surface area contributed by atoms with E-state index in [0.29, 0.717) is 0 Å². The molecule has 11 heteroatoms. The van der Waals surface area contributed by atoms with E-state index in [4.69, 9.17) is 9.90 Å². The average molecular weight is 442 g/mol. The summed E-state index contributed by atoms with van der Waals surface area (Å²) in [6.45, 7) is 4.57. The van der Waals surface area contributed by atoms with Crippen LogP contribution in [0.3, 0.4) is 0 Å². The summed E-state index contributed by atoms with van der Waals surface area (Å²) < 4.78 is 35.7. The van der Waals surface area contributed by atoms with Crippen LogP contribution in [0.2, 0.25) is 0 Å². The van der Waals surface area contributed by atoms with E-state index in [-0.39, 0.29) is 0 Å². The van der Waals surface area contributed by atoms with Gasteiger partial charge in [-0.2, -0.15) is 18.3 Å². The first kappa shape index (κ1) is 23.1. The molecule has 172 valence electrons. The number of aliphatic carboxylic acids is 1. The molecule has 2 aromatic heterocycles. The Bertz CT molecular complexity index is 865. The minimum Gasteiger partial charge on any atom is -0.475 e. The van der Waals surface area contributed by atoms with Crippen LogP contribution >= 0.6 is 0 Å². The number of nitrogens with one attached hydrogen (secondary N) is 1. The fourth-order valence-corrected chi connectivity index (χ4v) is 4.64. The van der Waals surface area contributed by atoms with Gasteiger partial charge in [0.1, 0.15) is 0 Å². The molecule has 0 amide bonds. The number of carbonyl (C=O) groups is 1. The van der Waals surface area contributed by atoms with Gasteiger partial charge in [0, 0.05) is 64.4 Å². The molecule has 0 aromatic carbocycles. The van der Waals surface area contributed by atoms with Gasteiger partial charge >= 0.3 is 12.1 Å². The van der Waals surface area contributed by atoms with Gasteiger partial charge in [0.2, 0.25) is 5.95 Å². The number of aromatic nitrogens is 4. The van der Waals surface area contributed by atoms with Crippen LogP contribution in [0.15, 0.2) is 24.8 Å². The predicted molar refractivity (Wildman–Crippen MR) is 108 cm³/mol. The molecular weight excluding hydrogens is 413 g/mol. The van der Waals surface area contributed by atoms with Gasteiger partial charge in [-0.3, -0.25) is 9.58 Å². The number of fused-ring (bicyclic) bond motifs is 1. The van der Waals surface area contributed by atoms with Crippen LogP contribution in [0.1, 0.15) is 24.8 Å². The number of hydrogen-bond donors (Lipinski definition) is 2. The first-order valence-electron chi connectivity index (χ1n) is 10.3. The molecule has 0 spiro atoms. The summed E-state index contributed by atoms with van der Waals surface area (Å²) in [6.07, 6.45) is 7.03. The molecule has 2 fully saturated rings. The van der Waals surface area contributed by atoms with Gasteiger partial charge in [0.15, 0.2) is 0 Å². The highest BCUT2D eigenvalue weighted by Crippen LogP contribution is 2.40. The Morgan fingerprint density at radius 3 is 2.61 bits per heavy atom. The lowest BCUT2D eigenvalue weighted by atomic mass is 9.74. The zero-order valence-corrected chi connectivity index (χ0v) is 17.7. The minimum atomic E-state index is -5.08. The van der Waals surface area contributed by atoms with Crippen LogP contribution in [0, 0.1) is 17.8 Å². The number of anilines is 1. The largest absolute Gasteiger partial charge is 0.490 e.